The normalized spacial score (nSPS) is 14.7. The van der Waals surface area contributed by atoms with Crippen molar-refractivity contribution in [2.45, 2.75) is 18.8 Å². The zero-order chi connectivity index (χ0) is 18.6. The van der Waals surface area contributed by atoms with Gasteiger partial charge in [0.15, 0.2) is 0 Å². The average molecular weight is 356 g/mol. The van der Waals surface area contributed by atoms with Crippen LogP contribution >= 0.6 is 0 Å². The van der Waals surface area contributed by atoms with Crippen molar-refractivity contribution in [3.8, 4) is 17.2 Å². The van der Waals surface area contributed by atoms with E-state index in [-0.39, 0.29) is 5.91 Å². The first-order valence-corrected chi connectivity index (χ1v) is 9.14. The van der Waals surface area contributed by atoms with Gasteiger partial charge in [-0.2, -0.15) is 5.26 Å². The van der Waals surface area contributed by atoms with Gasteiger partial charge in [-0.15, -0.1) is 0 Å². The van der Waals surface area contributed by atoms with Crippen molar-refractivity contribution >= 4 is 5.91 Å². The molecule has 2 heterocycles. The van der Waals surface area contributed by atoms with Gasteiger partial charge >= 0.3 is 0 Å². The third kappa shape index (κ3) is 3.61. The molecule has 1 aliphatic heterocycles. The Kier molecular flexibility index (Phi) is 4.71. The predicted octanol–water partition coefficient (Wildman–Crippen LogP) is 3.97. The van der Waals surface area contributed by atoms with Crippen molar-refractivity contribution < 1.29 is 4.79 Å². The molecule has 2 aromatic carbocycles. The first kappa shape index (κ1) is 17.0. The number of piperidine rings is 1. The number of likely N-dealkylation sites (tertiary alicyclic amines) is 1. The summed E-state index contributed by atoms with van der Waals surface area (Å²) in [5.41, 5.74) is 3.42. The van der Waals surface area contributed by atoms with Crippen LogP contribution in [0.25, 0.3) is 11.1 Å². The number of rotatable bonds is 3. The van der Waals surface area contributed by atoms with E-state index in [1.165, 1.54) is 0 Å². The Balaban J connectivity index is 1.41. The summed E-state index contributed by atoms with van der Waals surface area (Å²) in [6.07, 6.45) is 5.50. The van der Waals surface area contributed by atoms with E-state index in [1.807, 2.05) is 47.5 Å². The van der Waals surface area contributed by atoms with Crippen molar-refractivity contribution in [2.75, 3.05) is 13.1 Å². The summed E-state index contributed by atoms with van der Waals surface area (Å²) in [4.78, 5) is 22.2. The van der Waals surface area contributed by atoms with Crippen LogP contribution < -0.4 is 0 Å². The Bertz CT molecular complexity index is 945. The van der Waals surface area contributed by atoms with E-state index in [2.05, 4.69) is 16.0 Å². The van der Waals surface area contributed by atoms with E-state index in [0.29, 0.717) is 17.0 Å². The van der Waals surface area contributed by atoms with Crippen LogP contribution in [0.4, 0.5) is 0 Å². The number of nitrogens with one attached hydrogen (secondary N) is 1. The topological polar surface area (TPSA) is 72.8 Å². The third-order valence-corrected chi connectivity index (χ3v) is 5.17. The van der Waals surface area contributed by atoms with Gasteiger partial charge in [0.25, 0.3) is 5.91 Å². The van der Waals surface area contributed by atoms with Gasteiger partial charge in [-0.05, 0) is 48.2 Å². The molecule has 1 saturated heterocycles. The van der Waals surface area contributed by atoms with Gasteiger partial charge in [0, 0.05) is 37.0 Å². The largest absolute Gasteiger partial charge is 0.348 e. The van der Waals surface area contributed by atoms with Gasteiger partial charge < -0.3 is 9.88 Å². The molecule has 0 aliphatic carbocycles. The highest BCUT2D eigenvalue weighted by atomic mass is 16.2. The van der Waals surface area contributed by atoms with Crippen LogP contribution in [0.2, 0.25) is 0 Å². The highest BCUT2D eigenvalue weighted by Crippen LogP contribution is 2.27. The lowest BCUT2D eigenvalue weighted by atomic mass is 9.95. The van der Waals surface area contributed by atoms with Gasteiger partial charge in [-0.3, -0.25) is 4.79 Å². The molecule has 1 amide bonds. The Hall–Kier alpha value is -3.39. The molecular formula is C22H20N4O. The number of carbonyl (C=O) groups is 1. The first-order valence-electron chi connectivity index (χ1n) is 9.14. The Morgan fingerprint density at radius 3 is 2.22 bits per heavy atom. The summed E-state index contributed by atoms with van der Waals surface area (Å²) in [5.74, 6) is 1.51. The summed E-state index contributed by atoms with van der Waals surface area (Å²) in [6.45, 7) is 1.50. The molecule has 1 fully saturated rings. The fourth-order valence-electron chi connectivity index (χ4n) is 3.58. The zero-order valence-corrected chi connectivity index (χ0v) is 14.9. The molecule has 1 N–H and O–H groups in total. The van der Waals surface area contributed by atoms with Crippen molar-refractivity contribution in [3.05, 3.63) is 77.9 Å². The predicted molar refractivity (Wildman–Crippen MR) is 103 cm³/mol. The van der Waals surface area contributed by atoms with Gasteiger partial charge in [0.2, 0.25) is 0 Å². The maximum Gasteiger partial charge on any atom is 0.253 e. The van der Waals surface area contributed by atoms with Crippen LogP contribution in [-0.2, 0) is 0 Å². The fraction of sp³-hybridized carbons (Fsp3) is 0.227. The maximum absolute atomic E-state index is 12.8. The molecule has 3 aromatic rings. The first-order chi connectivity index (χ1) is 13.2. The molecule has 1 aromatic heterocycles. The third-order valence-electron chi connectivity index (χ3n) is 5.17. The molecule has 0 unspecified atom stereocenters. The van der Waals surface area contributed by atoms with Gasteiger partial charge in [-0.25, -0.2) is 4.98 Å². The minimum Gasteiger partial charge on any atom is -0.348 e. The van der Waals surface area contributed by atoms with Crippen molar-refractivity contribution in [1.82, 2.24) is 14.9 Å². The van der Waals surface area contributed by atoms with Crippen LogP contribution in [0, 0.1) is 11.3 Å². The maximum atomic E-state index is 12.8. The zero-order valence-electron chi connectivity index (χ0n) is 14.9. The smallest absolute Gasteiger partial charge is 0.253 e. The van der Waals surface area contributed by atoms with E-state index in [0.717, 1.165) is 42.9 Å². The lowest BCUT2D eigenvalue weighted by molar-refractivity contribution is 0.0711. The minimum absolute atomic E-state index is 0.0827. The number of imidazole rings is 1. The minimum atomic E-state index is 0.0827. The summed E-state index contributed by atoms with van der Waals surface area (Å²) < 4.78 is 0. The number of aromatic amines is 1. The number of aromatic nitrogens is 2. The van der Waals surface area contributed by atoms with E-state index in [1.54, 1.807) is 18.3 Å². The summed E-state index contributed by atoms with van der Waals surface area (Å²) in [7, 11) is 0. The summed E-state index contributed by atoms with van der Waals surface area (Å²) in [6, 6.07) is 17.3. The monoisotopic (exact) mass is 356 g/mol. The lowest BCUT2D eigenvalue weighted by Gasteiger charge is -2.31. The van der Waals surface area contributed by atoms with Crippen LogP contribution in [0.1, 0.15) is 40.5 Å². The fourth-order valence-corrected chi connectivity index (χ4v) is 3.58. The number of nitriles is 1. The molecule has 4 rings (SSSR count). The van der Waals surface area contributed by atoms with Crippen molar-refractivity contribution in [1.29, 1.82) is 5.26 Å². The molecule has 0 radical (unpaired) electrons. The molecule has 5 heteroatoms. The number of benzene rings is 2. The molecule has 27 heavy (non-hydrogen) atoms. The van der Waals surface area contributed by atoms with Gasteiger partial charge in [0.05, 0.1) is 11.6 Å². The van der Waals surface area contributed by atoms with Crippen molar-refractivity contribution in [2.24, 2.45) is 0 Å². The Morgan fingerprint density at radius 1 is 1.04 bits per heavy atom. The molecule has 0 spiro atoms. The SMILES string of the molecule is N#Cc1ccc(-c2ccc(C(=O)N3CCC(c4ncc[nH]4)CC3)cc2)cc1. The van der Waals surface area contributed by atoms with E-state index < -0.39 is 0 Å². The lowest BCUT2D eigenvalue weighted by Crippen LogP contribution is -2.38. The number of nitrogens with zero attached hydrogens (tertiary/aromatic N) is 3. The Morgan fingerprint density at radius 2 is 1.67 bits per heavy atom. The van der Waals surface area contributed by atoms with E-state index in [4.69, 9.17) is 5.26 Å². The van der Waals surface area contributed by atoms with Crippen LogP contribution in [0.15, 0.2) is 60.9 Å². The quantitative estimate of drug-likeness (QED) is 0.772. The van der Waals surface area contributed by atoms with E-state index >= 15 is 0 Å². The summed E-state index contributed by atoms with van der Waals surface area (Å²) in [5, 5.41) is 8.89. The van der Waals surface area contributed by atoms with Gasteiger partial charge in [-0.1, -0.05) is 24.3 Å². The Labute approximate surface area is 158 Å². The van der Waals surface area contributed by atoms with Crippen LogP contribution in [-0.4, -0.2) is 33.9 Å². The van der Waals surface area contributed by atoms with Crippen LogP contribution in [0.3, 0.4) is 0 Å². The second kappa shape index (κ2) is 7.46. The second-order valence-electron chi connectivity index (χ2n) is 6.81. The average Bonchev–Trinajstić information content (AvgIpc) is 3.28. The number of amides is 1. The number of hydrogen-bond donors (Lipinski definition) is 1. The second-order valence-corrected chi connectivity index (χ2v) is 6.81. The number of carbonyl (C=O) groups excluding carboxylic acids is 1. The molecule has 0 bridgehead atoms. The molecule has 0 saturated carbocycles. The highest BCUT2D eigenvalue weighted by Gasteiger charge is 2.25. The van der Waals surface area contributed by atoms with Gasteiger partial charge in [0.1, 0.15) is 5.82 Å². The molecule has 1 aliphatic rings. The molecule has 134 valence electrons. The summed E-state index contributed by atoms with van der Waals surface area (Å²) >= 11 is 0. The number of H-pyrrole nitrogens is 1. The molecular weight excluding hydrogens is 336 g/mol. The molecule has 5 nitrogen and oxygen atoms in total. The standard InChI is InChI=1S/C22H20N4O/c23-15-16-1-3-17(4-2-16)18-5-7-20(8-6-18)22(27)26-13-9-19(10-14-26)21-24-11-12-25-21/h1-8,11-12,19H,9-10,13-14H2,(H,24,25). The van der Waals surface area contributed by atoms with Crippen molar-refractivity contribution in [3.63, 3.8) is 0 Å². The van der Waals surface area contributed by atoms with E-state index in [9.17, 15) is 4.79 Å². The number of hydrogen-bond acceptors (Lipinski definition) is 3. The highest BCUT2D eigenvalue weighted by molar-refractivity contribution is 5.94. The van der Waals surface area contributed by atoms with Crippen LogP contribution in [0.5, 0.6) is 0 Å². The molecule has 0 atom stereocenters.